The molecule has 80 valence electrons. The Morgan fingerprint density at radius 3 is 1.38 bits per heavy atom. The maximum atomic E-state index is 5.96. The van der Waals surface area contributed by atoms with Crippen molar-refractivity contribution in [3.05, 3.63) is 0 Å². The van der Waals surface area contributed by atoms with Crippen LogP contribution in [-0.4, -0.2) is 14.9 Å². The van der Waals surface area contributed by atoms with Crippen molar-refractivity contribution in [1.29, 1.82) is 0 Å². The van der Waals surface area contributed by atoms with Crippen LogP contribution in [0.3, 0.4) is 0 Å². The van der Waals surface area contributed by atoms with E-state index in [9.17, 15) is 0 Å². The molecular formula is C7H20IN5. The molecule has 0 saturated carbocycles. The average molecular weight is 301 g/mol. The molecule has 1 unspecified atom stereocenters. The molecule has 0 aromatic carbocycles. The van der Waals surface area contributed by atoms with Gasteiger partial charge in [-0.3, -0.25) is 0 Å². The molecule has 0 heterocycles. The largest absolute Gasteiger partial charge is 0.312 e. The summed E-state index contributed by atoms with van der Waals surface area (Å²) in [6, 6.07) is 0. The van der Waals surface area contributed by atoms with E-state index in [0.717, 1.165) is 0 Å². The van der Waals surface area contributed by atoms with Gasteiger partial charge >= 0.3 is 0 Å². The second-order valence-corrected chi connectivity index (χ2v) is 5.78. The van der Waals surface area contributed by atoms with Crippen LogP contribution in [0.4, 0.5) is 0 Å². The first-order valence-corrected chi connectivity index (χ1v) is 5.15. The number of halogens is 1. The van der Waals surface area contributed by atoms with Crippen LogP contribution in [0.5, 0.6) is 0 Å². The Kier molecular flexibility index (Phi) is 3.74. The van der Waals surface area contributed by atoms with E-state index in [2.05, 4.69) is 0 Å². The Balaban J connectivity index is 5.04. The van der Waals surface area contributed by atoms with Gasteiger partial charge in [-0.2, -0.15) is 0 Å². The molecule has 10 N–H and O–H groups in total. The SMILES string of the molecule is CC(C)C(N)(N)C(N)(I)C(C)(N)N. The fourth-order valence-corrected chi connectivity index (χ4v) is 1.51. The first-order valence-electron chi connectivity index (χ1n) is 4.08. The standard InChI is InChI=1S/C7H20IN5/c1-4(2)6(11,12)7(8,13)5(3,9)10/h4H,9-13H2,1-3H3. The van der Waals surface area contributed by atoms with Crippen molar-refractivity contribution in [3.8, 4) is 0 Å². The topological polar surface area (TPSA) is 130 Å². The predicted octanol–water partition coefficient (Wildman–Crippen LogP) is -1.02. The zero-order chi connectivity index (χ0) is 11.1. The zero-order valence-corrected chi connectivity index (χ0v) is 10.5. The van der Waals surface area contributed by atoms with Crippen LogP contribution in [0, 0.1) is 5.92 Å². The van der Waals surface area contributed by atoms with Gasteiger partial charge in [-0.15, -0.1) is 0 Å². The minimum atomic E-state index is -1.12. The maximum Gasteiger partial charge on any atom is 0.130 e. The molecule has 0 aliphatic rings. The highest BCUT2D eigenvalue weighted by Crippen LogP contribution is 2.32. The molecule has 0 fully saturated rings. The van der Waals surface area contributed by atoms with Crippen LogP contribution in [0.25, 0.3) is 0 Å². The van der Waals surface area contributed by atoms with Crippen molar-refractivity contribution in [1.82, 2.24) is 0 Å². The van der Waals surface area contributed by atoms with E-state index in [4.69, 9.17) is 28.7 Å². The van der Waals surface area contributed by atoms with Crippen LogP contribution >= 0.6 is 22.6 Å². The van der Waals surface area contributed by atoms with Gasteiger partial charge in [0.05, 0.1) is 11.3 Å². The van der Waals surface area contributed by atoms with Gasteiger partial charge in [0, 0.05) is 0 Å². The third-order valence-electron chi connectivity index (χ3n) is 2.37. The van der Waals surface area contributed by atoms with Gasteiger partial charge in [0.15, 0.2) is 0 Å². The highest BCUT2D eigenvalue weighted by Gasteiger charge is 2.52. The van der Waals surface area contributed by atoms with E-state index in [1.807, 2.05) is 36.4 Å². The minimum absolute atomic E-state index is 0.0131. The Labute approximate surface area is 92.9 Å². The summed E-state index contributed by atoms with van der Waals surface area (Å²) in [5.74, 6) is -0.0131. The molecule has 5 nitrogen and oxygen atoms in total. The first kappa shape index (κ1) is 13.5. The Morgan fingerprint density at radius 1 is 1.00 bits per heavy atom. The third-order valence-corrected chi connectivity index (χ3v) is 4.47. The second-order valence-electron chi connectivity index (χ2n) is 4.08. The van der Waals surface area contributed by atoms with Crippen LogP contribution in [0.15, 0.2) is 0 Å². The first-order chi connectivity index (χ1) is 5.44. The summed E-state index contributed by atoms with van der Waals surface area (Å²) in [6.07, 6.45) is 0. The molecule has 0 amide bonds. The van der Waals surface area contributed by atoms with E-state index in [0.29, 0.717) is 0 Å². The molecule has 6 heteroatoms. The number of nitrogens with two attached hydrogens (primary N) is 5. The lowest BCUT2D eigenvalue weighted by atomic mass is 9.84. The second kappa shape index (κ2) is 3.59. The molecule has 0 saturated heterocycles. The highest BCUT2D eigenvalue weighted by molar-refractivity contribution is 14.1. The van der Waals surface area contributed by atoms with Gasteiger partial charge in [0.25, 0.3) is 0 Å². The number of rotatable bonds is 3. The molecule has 0 radical (unpaired) electrons. The van der Waals surface area contributed by atoms with Crippen molar-refractivity contribution in [2.75, 3.05) is 0 Å². The maximum absolute atomic E-state index is 5.96. The molecule has 0 aliphatic carbocycles. The summed E-state index contributed by atoms with van der Waals surface area (Å²) in [4.78, 5) is 0. The number of alkyl halides is 1. The zero-order valence-electron chi connectivity index (χ0n) is 8.34. The molecular weight excluding hydrogens is 281 g/mol. The smallest absolute Gasteiger partial charge is 0.130 e. The van der Waals surface area contributed by atoms with E-state index >= 15 is 0 Å². The quantitative estimate of drug-likeness (QED) is 0.197. The molecule has 13 heavy (non-hydrogen) atoms. The van der Waals surface area contributed by atoms with E-state index in [1.165, 1.54) is 0 Å². The summed E-state index contributed by atoms with van der Waals surface area (Å²) >= 11 is 1.92. The summed E-state index contributed by atoms with van der Waals surface area (Å²) < 4.78 is -1.06. The highest BCUT2D eigenvalue weighted by atomic mass is 127. The van der Waals surface area contributed by atoms with Crippen LogP contribution in [-0.2, 0) is 0 Å². The van der Waals surface area contributed by atoms with Crippen molar-refractivity contribution in [2.24, 2.45) is 34.6 Å². The van der Waals surface area contributed by atoms with Crippen molar-refractivity contribution in [2.45, 2.75) is 35.6 Å². The lowest BCUT2D eigenvalue weighted by Crippen LogP contribution is -2.83. The summed E-state index contributed by atoms with van der Waals surface area (Å²) in [5.41, 5.74) is 27.0. The molecule has 0 bridgehead atoms. The van der Waals surface area contributed by atoms with Crippen molar-refractivity contribution < 1.29 is 0 Å². The van der Waals surface area contributed by atoms with Gasteiger partial charge in [-0.05, 0) is 12.8 Å². The Morgan fingerprint density at radius 2 is 1.31 bits per heavy atom. The van der Waals surface area contributed by atoms with Crippen LogP contribution in [0.1, 0.15) is 20.8 Å². The normalized spacial score (nSPS) is 18.9. The van der Waals surface area contributed by atoms with Gasteiger partial charge < -0.3 is 28.7 Å². The summed E-state index contributed by atoms with van der Waals surface area (Å²) in [7, 11) is 0. The van der Waals surface area contributed by atoms with E-state index in [-0.39, 0.29) is 5.92 Å². The molecule has 0 aromatic rings. The molecule has 0 rings (SSSR count). The fraction of sp³-hybridized carbons (Fsp3) is 1.00. The number of hydrogen-bond donors (Lipinski definition) is 5. The van der Waals surface area contributed by atoms with Gasteiger partial charge in [0.1, 0.15) is 3.55 Å². The van der Waals surface area contributed by atoms with E-state index < -0.39 is 14.9 Å². The third kappa shape index (κ3) is 2.31. The van der Waals surface area contributed by atoms with Gasteiger partial charge in [-0.1, -0.05) is 36.4 Å². The predicted molar refractivity (Wildman–Crippen MR) is 63.7 cm³/mol. The minimum Gasteiger partial charge on any atom is -0.312 e. The lowest BCUT2D eigenvalue weighted by molar-refractivity contribution is 0.180. The Hall–Kier alpha value is 0.530. The van der Waals surface area contributed by atoms with Crippen molar-refractivity contribution in [3.63, 3.8) is 0 Å². The van der Waals surface area contributed by atoms with E-state index in [1.54, 1.807) is 6.92 Å². The van der Waals surface area contributed by atoms with Crippen molar-refractivity contribution >= 4 is 22.6 Å². The molecule has 0 aliphatic heterocycles. The van der Waals surface area contributed by atoms with Gasteiger partial charge in [0.2, 0.25) is 0 Å². The monoisotopic (exact) mass is 301 g/mol. The average Bonchev–Trinajstić information content (AvgIpc) is 1.84. The Bertz CT molecular complexity index is 182. The molecule has 0 spiro atoms. The number of hydrogen-bond acceptors (Lipinski definition) is 5. The summed E-state index contributed by atoms with van der Waals surface area (Å²) in [5, 5.41) is 0. The van der Waals surface area contributed by atoms with Crippen LogP contribution < -0.4 is 28.7 Å². The molecule has 1 atom stereocenters. The van der Waals surface area contributed by atoms with Crippen LogP contribution in [0.2, 0.25) is 0 Å². The van der Waals surface area contributed by atoms with Gasteiger partial charge in [-0.25, -0.2) is 0 Å². The lowest BCUT2D eigenvalue weighted by Gasteiger charge is -2.48. The summed E-state index contributed by atoms with van der Waals surface area (Å²) in [6.45, 7) is 5.37. The fourth-order valence-electron chi connectivity index (χ4n) is 0.887. The molecule has 0 aromatic heterocycles.